The first-order chi connectivity index (χ1) is 10.4. The van der Waals surface area contributed by atoms with Crippen molar-refractivity contribution in [2.45, 2.75) is 31.9 Å². The monoisotopic (exact) mass is 329 g/mol. The fraction of sp³-hybridized carbons (Fsp3) is 0.562. The molecule has 0 aliphatic carbocycles. The van der Waals surface area contributed by atoms with Gasteiger partial charge in [0, 0.05) is 23.9 Å². The number of hydrogen-bond donors (Lipinski definition) is 2. The van der Waals surface area contributed by atoms with E-state index in [1.54, 1.807) is 11.8 Å². The molecule has 1 aromatic carbocycles. The Hall–Kier alpha value is -1.30. The molecule has 0 spiro atoms. The molecule has 3 nitrogen and oxygen atoms in total. The van der Waals surface area contributed by atoms with Crippen LogP contribution in [0.3, 0.4) is 0 Å². The Bertz CT molecular complexity index is 504. The summed E-state index contributed by atoms with van der Waals surface area (Å²) in [7, 11) is 0. The molecule has 0 fully saturated rings. The molecule has 124 valence electrons. The predicted molar refractivity (Wildman–Crippen MR) is 91.6 cm³/mol. The third-order valence-electron chi connectivity index (χ3n) is 3.22. The topological polar surface area (TPSA) is 36.4 Å². The Labute approximate surface area is 136 Å². The van der Waals surface area contributed by atoms with Crippen LogP contribution in [-0.4, -0.2) is 36.6 Å². The summed E-state index contributed by atoms with van der Waals surface area (Å²) >= 11 is 1.76. The molecule has 0 aromatic heterocycles. The van der Waals surface area contributed by atoms with Gasteiger partial charge in [-0.05, 0) is 45.1 Å². The van der Waals surface area contributed by atoms with Gasteiger partial charge in [-0.25, -0.2) is 8.78 Å². The Balaban J connectivity index is 2.55. The lowest BCUT2D eigenvalue weighted by Crippen LogP contribution is -2.39. The molecule has 22 heavy (non-hydrogen) atoms. The van der Waals surface area contributed by atoms with Gasteiger partial charge in [0.2, 0.25) is 0 Å². The van der Waals surface area contributed by atoms with Crippen molar-refractivity contribution in [3.63, 3.8) is 0 Å². The lowest BCUT2D eigenvalue weighted by Gasteiger charge is -2.20. The highest BCUT2D eigenvalue weighted by Gasteiger charge is 2.15. The summed E-state index contributed by atoms with van der Waals surface area (Å²) < 4.78 is 26.5. The number of rotatable bonds is 7. The van der Waals surface area contributed by atoms with Crippen molar-refractivity contribution in [3.05, 3.63) is 35.4 Å². The zero-order chi connectivity index (χ0) is 16.6. The van der Waals surface area contributed by atoms with E-state index in [-0.39, 0.29) is 4.75 Å². The minimum atomic E-state index is -0.552. The second kappa shape index (κ2) is 8.98. The quantitative estimate of drug-likeness (QED) is 0.596. The summed E-state index contributed by atoms with van der Waals surface area (Å²) in [5.41, 5.74) is 0.495. The number of halogens is 2. The highest BCUT2D eigenvalue weighted by atomic mass is 32.2. The second-order valence-corrected chi connectivity index (χ2v) is 7.08. The summed E-state index contributed by atoms with van der Waals surface area (Å²) in [6.45, 7) is 8.26. The zero-order valence-electron chi connectivity index (χ0n) is 13.7. The first-order valence-electron chi connectivity index (χ1n) is 7.39. The first kappa shape index (κ1) is 18.7. The van der Waals surface area contributed by atoms with Crippen molar-refractivity contribution in [2.24, 2.45) is 4.99 Å². The summed E-state index contributed by atoms with van der Waals surface area (Å²) in [5.74, 6) is -0.345. The number of hydrogen-bond acceptors (Lipinski definition) is 2. The molecule has 0 saturated heterocycles. The van der Waals surface area contributed by atoms with Crippen LogP contribution in [0, 0.1) is 11.6 Å². The standard InChI is InChI=1S/C16H25F2N3S/c1-5-19-15(21-11-16(2,3)22-4)20-9-8-12-6-7-13(17)10-14(12)18/h6-7,10H,5,8-9,11H2,1-4H3,(H2,19,20,21). The van der Waals surface area contributed by atoms with Crippen LogP contribution in [0.15, 0.2) is 23.2 Å². The van der Waals surface area contributed by atoms with E-state index in [0.717, 1.165) is 12.6 Å². The van der Waals surface area contributed by atoms with E-state index < -0.39 is 11.6 Å². The van der Waals surface area contributed by atoms with E-state index in [1.807, 2.05) is 6.92 Å². The van der Waals surface area contributed by atoms with E-state index in [0.29, 0.717) is 31.0 Å². The summed E-state index contributed by atoms with van der Waals surface area (Å²) in [4.78, 5) is 4.54. The van der Waals surface area contributed by atoms with Gasteiger partial charge in [-0.15, -0.1) is 0 Å². The van der Waals surface area contributed by atoms with Crippen LogP contribution in [0.1, 0.15) is 26.3 Å². The predicted octanol–water partition coefficient (Wildman–Crippen LogP) is 3.20. The van der Waals surface area contributed by atoms with Gasteiger partial charge in [0.25, 0.3) is 0 Å². The fourth-order valence-electron chi connectivity index (χ4n) is 1.72. The van der Waals surface area contributed by atoms with E-state index >= 15 is 0 Å². The normalized spacial score (nSPS) is 12.4. The summed E-state index contributed by atoms with van der Waals surface area (Å²) in [6.07, 6.45) is 2.54. The molecule has 1 aromatic rings. The number of nitrogens with one attached hydrogen (secondary N) is 2. The number of thioether (sulfide) groups is 1. The van der Waals surface area contributed by atoms with Gasteiger partial charge >= 0.3 is 0 Å². The lowest BCUT2D eigenvalue weighted by molar-refractivity contribution is 0.570. The molecule has 0 radical (unpaired) electrons. The van der Waals surface area contributed by atoms with Crippen LogP contribution >= 0.6 is 11.8 Å². The molecule has 0 heterocycles. The summed E-state index contributed by atoms with van der Waals surface area (Å²) in [5, 5.41) is 6.34. The average Bonchev–Trinajstić information content (AvgIpc) is 2.47. The first-order valence-corrected chi connectivity index (χ1v) is 8.61. The van der Waals surface area contributed by atoms with Crippen LogP contribution in [0.25, 0.3) is 0 Å². The number of nitrogens with zero attached hydrogens (tertiary/aromatic N) is 1. The Kier molecular flexibility index (Phi) is 7.65. The summed E-state index contributed by atoms with van der Waals surface area (Å²) in [6, 6.07) is 3.67. The van der Waals surface area contributed by atoms with E-state index in [9.17, 15) is 8.78 Å². The number of aliphatic imine (C=N–C) groups is 1. The maximum Gasteiger partial charge on any atom is 0.191 e. The smallest absolute Gasteiger partial charge is 0.191 e. The third kappa shape index (κ3) is 6.64. The number of guanidine groups is 1. The molecule has 0 aliphatic heterocycles. The van der Waals surface area contributed by atoms with Crippen LogP contribution in [-0.2, 0) is 6.42 Å². The van der Waals surface area contributed by atoms with Crippen molar-refractivity contribution in [1.82, 2.24) is 10.6 Å². The molecule has 0 amide bonds. The van der Waals surface area contributed by atoms with E-state index in [2.05, 4.69) is 35.7 Å². The van der Waals surface area contributed by atoms with Crippen molar-refractivity contribution < 1.29 is 8.78 Å². The van der Waals surface area contributed by atoms with E-state index in [1.165, 1.54) is 12.1 Å². The molecular formula is C16H25F2N3S. The molecule has 0 saturated carbocycles. The Morgan fingerprint density at radius 3 is 2.59 bits per heavy atom. The highest BCUT2D eigenvalue weighted by molar-refractivity contribution is 7.99. The van der Waals surface area contributed by atoms with Gasteiger partial charge in [0.15, 0.2) is 5.96 Å². The molecular weight excluding hydrogens is 304 g/mol. The second-order valence-electron chi connectivity index (χ2n) is 5.57. The van der Waals surface area contributed by atoms with Gasteiger partial charge in [-0.2, -0.15) is 11.8 Å². The maximum absolute atomic E-state index is 13.6. The minimum absolute atomic E-state index is 0.0748. The molecule has 0 atom stereocenters. The largest absolute Gasteiger partial charge is 0.357 e. The average molecular weight is 329 g/mol. The zero-order valence-corrected chi connectivity index (χ0v) is 14.5. The van der Waals surface area contributed by atoms with E-state index in [4.69, 9.17) is 0 Å². The van der Waals surface area contributed by atoms with Gasteiger partial charge < -0.3 is 10.6 Å². The van der Waals surface area contributed by atoms with Crippen LogP contribution in [0.2, 0.25) is 0 Å². The van der Waals surface area contributed by atoms with Crippen LogP contribution in [0.5, 0.6) is 0 Å². The fourth-order valence-corrected chi connectivity index (χ4v) is 1.91. The Morgan fingerprint density at radius 1 is 1.27 bits per heavy atom. The van der Waals surface area contributed by atoms with Crippen molar-refractivity contribution in [3.8, 4) is 0 Å². The molecule has 6 heteroatoms. The minimum Gasteiger partial charge on any atom is -0.357 e. The SMILES string of the molecule is CCNC(=NCC(C)(C)SC)NCCc1ccc(F)cc1F. The van der Waals surface area contributed by atoms with Crippen molar-refractivity contribution in [2.75, 3.05) is 25.9 Å². The van der Waals surface area contributed by atoms with Gasteiger partial charge in [-0.3, -0.25) is 4.99 Å². The molecule has 0 unspecified atom stereocenters. The third-order valence-corrected chi connectivity index (χ3v) is 4.45. The van der Waals surface area contributed by atoms with Gasteiger partial charge in [0.1, 0.15) is 11.6 Å². The molecule has 0 aliphatic rings. The van der Waals surface area contributed by atoms with Crippen molar-refractivity contribution >= 4 is 17.7 Å². The molecule has 1 rings (SSSR count). The highest BCUT2D eigenvalue weighted by Crippen LogP contribution is 2.20. The lowest BCUT2D eigenvalue weighted by atomic mass is 10.1. The number of benzene rings is 1. The molecule has 0 bridgehead atoms. The molecule has 2 N–H and O–H groups in total. The Morgan fingerprint density at radius 2 is 2.00 bits per heavy atom. The maximum atomic E-state index is 13.6. The van der Waals surface area contributed by atoms with Crippen LogP contribution < -0.4 is 10.6 Å². The van der Waals surface area contributed by atoms with Crippen LogP contribution in [0.4, 0.5) is 8.78 Å². The van der Waals surface area contributed by atoms with Gasteiger partial charge in [0.05, 0.1) is 6.54 Å². The van der Waals surface area contributed by atoms with Gasteiger partial charge in [-0.1, -0.05) is 6.07 Å². The van der Waals surface area contributed by atoms with Crippen molar-refractivity contribution in [1.29, 1.82) is 0 Å².